The number of allylic oxidation sites excluding steroid dienone is 1. The first-order valence-corrected chi connectivity index (χ1v) is 10.6. The third-order valence-electron chi connectivity index (χ3n) is 5.29. The van der Waals surface area contributed by atoms with Crippen LogP contribution in [0.5, 0.6) is 0 Å². The number of hydrogen-bond acceptors (Lipinski definition) is 5. The Morgan fingerprint density at radius 3 is 2.52 bits per heavy atom. The van der Waals surface area contributed by atoms with Crippen LogP contribution in [0.4, 0.5) is 13.2 Å². The number of halogens is 4. The van der Waals surface area contributed by atoms with Gasteiger partial charge in [0.05, 0.1) is 0 Å². The fraction of sp³-hybridized carbons (Fsp3) is 0.333. The van der Waals surface area contributed by atoms with Crippen molar-refractivity contribution < 1.29 is 32.9 Å². The molecule has 2 unspecified atom stereocenters. The van der Waals surface area contributed by atoms with Crippen LogP contribution < -0.4 is 0 Å². The zero-order chi connectivity index (χ0) is 24.3. The Bertz CT molecular complexity index is 1100. The van der Waals surface area contributed by atoms with Crippen molar-refractivity contribution in [2.75, 3.05) is 6.61 Å². The summed E-state index contributed by atoms with van der Waals surface area (Å²) in [6, 6.07) is 10.3. The van der Waals surface area contributed by atoms with Crippen molar-refractivity contribution >= 4 is 23.1 Å². The van der Waals surface area contributed by atoms with Gasteiger partial charge in [0.15, 0.2) is 12.1 Å². The third kappa shape index (κ3) is 6.01. The highest BCUT2D eigenvalue weighted by Gasteiger charge is 2.40. The van der Waals surface area contributed by atoms with E-state index in [2.05, 4.69) is 4.99 Å². The first-order valence-electron chi connectivity index (χ1n) is 10.2. The van der Waals surface area contributed by atoms with Crippen LogP contribution in [-0.2, 0) is 9.53 Å². The molecule has 3 rings (SSSR count). The van der Waals surface area contributed by atoms with Crippen molar-refractivity contribution in [1.82, 2.24) is 0 Å². The van der Waals surface area contributed by atoms with E-state index in [1.165, 1.54) is 6.07 Å². The lowest BCUT2D eigenvalue weighted by Crippen LogP contribution is -2.19. The second kappa shape index (κ2) is 10.1. The van der Waals surface area contributed by atoms with Gasteiger partial charge < -0.3 is 14.9 Å². The minimum atomic E-state index is -4.67. The number of aryl methyl sites for hydroxylation is 1. The molecule has 0 saturated heterocycles. The number of hydrogen-bond donors (Lipinski definition) is 2. The van der Waals surface area contributed by atoms with Crippen molar-refractivity contribution in [3.8, 4) is 0 Å². The van der Waals surface area contributed by atoms with Crippen LogP contribution in [0.1, 0.15) is 53.8 Å². The number of aliphatic hydroxyl groups is 2. The first kappa shape index (κ1) is 25.0. The summed E-state index contributed by atoms with van der Waals surface area (Å²) in [4.78, 5) is 16.3. The van der Waals surface area contributed by atoms with Gasteiger partial charge >= 0.3 is 6.18 Å². The predicted molar refractivity (Wildman–Crippen MR) is 118 cm³/mol. The van der Waals surface area contributed by atoms with E-state index < -0.39 is 30.8 Å². The number of ketones is 1. The highest BCUT2D eigenvalue weighted by molar-refractivity contribution is 6.31. The first-order chi connectivity index (χ1) is 15.5. The van der Waals surface area contributed by atoms with Gasteiger partial charge in [0, 0.05) is 28.6 Å². The lowest BCUT2D eigenvalue weighted by Gasteiger charge is -2.19. The molecule has 1 aliphatic heterocycles. The van der Waals surface area contributed by atoms with Crippen molar-refractivity contribution in [1.29, 1.82) is 0 Å². The van der Waals surface area contributed by atoms with Crippen LogP contribution in [0, 0.1) is 6.92 Å². The Balaban J connectivity index is 1.73. The molecule has 0 radical (unpaired) electrons. The Labute approximate surface area is 194 Å². The van der Waals surface area contributed by atoms with Crippen LogP contribution in [0.3, 0.4) is 0 Å². The van der Waals surface area contributed by atoms with E-state index in [0.29, 0.717) is 16.7 Å². The summed E-state index contributed by atoms with van der Waals surface area (Å²) in [5.74, 6) is -0.836. The van der Waals surface area contributed by atoms with Gasteiger partial charge in [0.2, 0.25) is 0 Å². The molecule has 0 bridgehead atoms. The second-order valence-electron chi connectivity index (χ2n) is 7.92. The Morgan fingerprint density at radius 1 is 1.18 bits per heavy atom. The molecule has 2 N–H and O–H groups in total. The number of carbonyl (C=O) groups is 1. The van der Waals surface area contributed by atoms with Gasteiger partial charge in [-0.25, -0.2) is 0 Å². The van der Waals surface area contributed by atoms with Crippen LogP contribution in [-0.4, -0.2) is 34.5 Å². The topological polar surface area (TPSA) is 79.1 Å². The molecule has 0 spiro atoms. The number of ether oxygens (including phenoxy) is 1. The fourth-order valence-electron chi connectivity index (χ4n) is 3.68. The number of Topliss-reactive ketones (excluding diaryl/α,β-unsaturated/α-hetero) is 1. The molecular weight excluding hydrogens is 459 g/mol. The van der Waals surface area contributed by atoms with E-state index in [4.69, 9.17) is 16.3 Å². The van der Waals surface area contributed by atoms with Crippen LogP contribution in [0.2, 0.25) is 5.02 Å². The molecule has 2 aromatic carbocycles. The molecule has 33 heavy (non-hydrogen) atoms. The average Bonchev–Trinajstić information content (AvgIpc) is 3.17. The van der Waals surface area contributed by atoms with Gasteiger partial charge in [-0.1, -0.05) is 60.5 Å². The van der Waals surface area contributed by atoms with E-state index in [1.807, 2.05) is 6.92 Å². The van der Waals surface area contributed by atoms with Gasteiger partial charge in [0.25, 0.3) is 0 Å². The van der Waals surface area contributed by atoms with E-state index in [-0.39, 0.29) is 28.9 Å². The lowest BCUT2D eigenvalue weighted by molar-refractivity contribution is -0.122. The van der Waals surface area contributed by atoms with Crippen molar-refractivity contribution in [3.05, 3.63) is 81.6 Å². The molecule has 5 nitrogen and oxygen atoms in total. The van der Waals surface area contributed by atoms with Crippen molar-refractivity contribution in [2.24, 2.45) is 4.99 Å². The number of rotatable bonds is 8. The second-order valence-corrected chi connectivity index (χ2v) is 8.33. The molecule has 176 valence electrons. The summed E-state index contributed by atoms with van der Waals surface area (Å²) < 4.78 is 45.2. The fourth-order valence-corrected chi connectivity index (χ4v) is 3.92. The Hall–Kier alpha value is -2.68. The molecule has 1 aliphatic rings. The molecule has 0 aromatic heterocycles. The molecule has 0 amide bonds. The largest absolute Gasteiger partial charge is 0.487 e. The highest BCUT2D eigenvalue weighted by Crippen LogP contribution is 2.38. The molecule has 1 heterocycles. The summed E-state index contributed by atoms with van der Waals surface area (Å²) >= 11 is 6.14. The minimum absolute atomic E-state index is 0.000197. The molecular formula is C24H23ClF3NO4. The number of carbonyl (C=O) groups excluding carboxylic acids is 1. The van der Waals surface area contributed by atoms with Crippen LogP contribution in [0.25, 0.3) is 0 Å². The quantitative estimate of drug-likeness (QED) is 0.498. The Kier molecular flexibility index (Phi) is 7.62. The van der Waals surface area contributed by atoms with Crippen LogP contribution in [0.15, 0.2) is 59.3 Å². The zero-order valence-corrected chi connectivity index (χ0v) is 18.7. The average molecular weight is 482 g/mol. The molecule has 9 heteroatoms. The third-order valence-corrected chi connectivity index (χ3v) is 5.64. The SMILES string of the molecule is Cc1ccc(C(O)O)c(C(C)CC(=O)COC2=CC(C(F)(F)F)=NC2c2ccccc2Cl)c1. The summed E-state index contributed by atoms with van der Waals surface area (Å²) in [6.45, 7) is 3.14. The number of aliphatic hydroxyl groups excluding tert-OH is 1. The highest BCUT2D eigenvalue weighted by atomic mass is 35.5. The lowest BCUT2D eigenvalue weighted by atomic mass is 9.90. The minimum Gasteiger partial charge on any atom is -0.487 e. The predicted octanol–water partition coefficient (Wildman–Crippen LogP) is 5.35. The van der Waals surface area contributed by atoms with Crippen molar-refractivity contribution in [2.45, 2.75) is 44.7 Å². The maximum atomic E-state index is 13.2. The van der Waals surface area contributed by atoms with Gasteiger partial charge in [-0.05, 0) is 24.5 Å². The summed E-state index contributed by atoms with van der Waals surface area (Å²) in [5.41, 5.74) is 1.02. The summed E-state index contributed by atoms with van der Waals surface area (Å²) in [6.07, 6.45) is -5.58. The number of nitrogens with zero attached hydrogens (tertiary/aromatic N) is 1. The maximum absolute atomic E-state index is 13.2. The molecule has 0 saturated carbocycles. The maximum Gasteiger partial charge on any atom is 0.433 e. The van der Waals surface area contributed by atoms with Gasteiger partial charge in [-0.15, -0.1) is 0 Å². The standard InChI is InChI=1S/C24H23ClF3NO4/c1-13-7-8-16(23(31)32)18(9-13)14(2)10-15(30)12-33-20-11-21(24(26,27)28)29-22(20)17-5-3-4-6-19(17)25/h3-9,11,14,22-23,31-32H,10,12H2,1-2H3. The molecule has 0 aliphatic carbocycles. The number of alkyl halides is 3. The normalized spacial score (nSPS) is 17.1. The molecule has 2 aromatic rings. The van der Waals surface area contributed by atoms with Crippen LogP contribution >= 0.6 is 11.6 Å². The smallest absolute Gasteiger partial charge is 0.433 e. The molecule has 0 fully saturated rings. The van der Waals surface area contributed by atoms with E-state index in [9.17, 15) is 28.2 Å². The van der Waals surface area contributed by atoms with Gasteiger partial charge in [-0.3, -0.25) is 9.79 Å². The van der Waals surface area contributed by atoms with Gasteiger partial charge in [-0.2, -0.15) is 13.2 Å². The zero-order valence-electron chi connectivity index (χ0n) is 17.9. The van der Waals surface area contributed by atoms with E-state index in [1.54, 1.807) is 43.3 Å². The monoisotopic (exact) mass is 481 g/mol. The van der Waals surface area contributed by atoms with Gasteiger partial charge in [0.1, 0.15) is 24.1 Å². The summed E-state index contributed by atoms with van der Waals surface area (Å²) in [5, 5.41) is 19.4. The Morgan fingerprint density at radius 2 is 1.88 bits per heavy atom. The van der Waals surface area contributed by atoms with E-state index in [0.717, 1.165) is 11.6 Å². The summed E-state index contributed by atoms with van der Waals surface area (Å²) in [7, 11) is 0. The number of benzene rings is 2. The van der Waals surface area contributed by atoms with E-state index >= 15 is 0 Å². The molecule has 2 atom stereocenters. The number of aliphatic imine (C=N–C) groups is 1. The van der Waals surface area contributed by atoms with Crippen molar-refractivity contribution in [3.63, 3.8) is 0 Å².